The summed E-state index contributed by atoms with van der Waals surface area (Å²) in [6.45, 7) is 0. The van der Waals surface area contributed by atoms with E-state index in [2.05, 4.69) is 10.6 Å². The maximum absolute atomic E-state index is 13.2. The second-order valence-electron chi connectivity index (χ2n) is 7.56. The Balaban J connectivity index is 1.40. The van der Waals surface area contributed by atoms with Crippen LogP contribution in [0, 0.1) is 0 Å². The third-order valence-electron chi connectivity index (χ3n) is 5.52. The highest BCUT2D eigenvalue weighted by molar-refractivity contribution is 7.80. The Bertz CT molecular complexity index is 1500. The lowest BCUT2D eigenvalue weighted by molar-refractivity contribution is 0.0924. The number of thiocarbonyl (C=S) groups is 1. The molecule has 0 aliphatic carbocycles. The number of hydrogen-bond acceptors (Lipinski definition) is 4. The molecular weight excluding hydrogens is 470 g/mol. The van der Waals surface area contributed by atoms with E-state index < -0.39 is 17.7 Å². The van der Waals surface area contributed by atoms with Crippen LogP contribution in [0.15, 0.2) is 84.9 Å². The number of rotatable bonds is 3. The van der Waals surface area contributed by atoms with E-state index in [0.717, 1.165) is 10.3 Å². The van der Waals surface area contributed by atoms with E-state index in [1.54, 1.807) is 78.9 Å². The standard InChI is InChI=1S/C26H16ClN3O3S/c27-20-13-5-9-16-17(20)10-4-11-18(16)23(31)29-26(34)28-21-14-6-12-19-22(21)25(33)30(24(19)32)15-7-2-1-3-8-15/h1-14H,(H2,28,29,31,34). The summed E-state index contributed by atoms with van der Waals surface area (Å²) in [5.74, 6) is -1.31. The lowest BCUT2D eigenvalue weighted by Crippen LogP contribution is -2.35. The molecule has 4 aromatic rings. The molecule has 166 valence electrons. The number of hydrogen-bond donors (Lipinski definition) is 2. The van der Waals surface area contributed by atoms with Crippen LogP contribution >= 0.6 is 23.8 Å². The quantitative estimate of drug-likeness (QED) is 0.299. The molecular formula is C26H16ClN3O3S. The molecule has 0 saturated carbocycles. The van der Waals surface area contributed by atoms with Gasteiger partial charge in [0.1, 0.15) is 0 Å². The number of nitrogens with one attached hydrogen (secondary N) is 2. The first-order chi connectivity index (χ1) is 16.5. The predicted molar refractivity (Wildman–Crippen MR) is 137 cm³/mol. The summed E-state index contributed by atoms with van der Waals surface area (Å²) in [6.07, 6.45) is 0. The number of benzene rings is 4. The smallest absolute Gasteiger partial charge is 0.268 e. The molecule has 6 nitrogen and oxygen atoms in total. The average Bonchev–Trinajstić information content (AvgIpc) is 3.10. The zero-order valence-corrected chi connectivity index (χ0v) is 19.1. The third-order valence-corrected chi connectivity index (χ3v) is 6.05. The van der Waals surface area contributed by atoms with E-state index in [4.69, 9.17) is 23.8 Å². The van der Waals surface area contributed by atoms with Gasteiger partial charge in [0.15, 0.2) is 5.11 Å². The van der Waals surface area contributed by atoms with Crippen molar-refractivity contribution in [3.8, 4) is 0 Å². The Labute approximate surface area is 205 Å². The topological polar surface area (TPSA) is 78.5 Å². The van der Waals surface area contributed by atoms with Crippen LogP contribution in [0.4, 0.5) is 11.4 Å². The van der Waals surface area contributed by atoms with E-state index in [-0.39, 0.29) is 16.2 Å². The number of halogens is 1. The van der Waals surface area contributed by atoms with Crippen molar-refractivity contribution in [3.63, 3.8) is 0 Å². The van der Waals surface area contributed by atoms with Gasteiger partial charge in [0, 0.05) is 16.0 Å². The normalized spacial score (nSPS) is 12.6. The van der Waals surface area contributed by atoms with Crippen molar-refractivity contribution >= 4 is 68.8 Å². The number of carbonyl (C=O) groups is 3. The molecule has 0 fully saturated rings. The van der Waals surface area contributed by atoms with Crippen LogP contribution in [0.2, 0.25) is 5.02 Å². The summed E-state index contributed by atoms with van der Waals surface area (Å²) in [4.78, 5) is 40.1. The van der Waals surface area contributed by atoms with Crippen LogP contribution < -0.4 is 15.5 Å². The Morgan fingerprint density at radius 3 is 2.29 bits per heavy atom. The van der Waals surface area contributed by atoms with Crippen LogP contribution in [0.25, 0.3) is 10.8 Å². The zero-order chi connectivity index (χ0) is 23.8. The van der Waals surface area contributed by atoms with Gasteiger partial charge < -0.3 is 5.32 Å². The van der Waals surface area contributed by atoms with Gasteiger partial charge >= 0.3 is 0 Å². The first-order valence-corrected chi connectivity index (χ1v) is 11.1. The number of nitrogens with zero attached hydrogens (tertiary/aromatic N) is 1. The molecule has 0 aromatic heterocycles. The summed E-state index contributed by atoms with van der Waals surface area (Å²) in [7, 11) is 0. The molecule has 1 aliphatic rings. The van der Waals surface area contributed by atoms with Crippen molar-refractivity contribution in [2.45, 2.75) is 0 Å². The Morgan fingerprint density at radius 2 is 1.50 bits per heavy atom. The first kappa shape index (κ1) is 21.8. The third kappa shape index (κ3) is 3.71. The van der Waals surface area contributed by atoms with Crippen LogP contribution in [-0.4, -0.2) is 22.8 Å². The molecule has 0 saturated heterocycles. The summed E-state index contributed by atoms with van der Waals surface area (Å²) in [6, 6.07) is 24.1. The van der Waals surface area contributed by atoms with Gasteiger partial charge in [-0.2, -0.15) is 0 Å². The predicted octanol–water partition coefficient (Wildman–Crippen LogP) is 5.42. The van der Waals surface area contributed by atoms with Gasteiger partial charge in [0.2, 0.25) is 0 Å². The Hall–Kier alpha value is -4.07. The lowest BCUT2D eigenvalue weighted by atomic mass is 10.0. The van der Waals surface area contributed by atoms with Crippen molar-refractivity contribution in [3.05, 3.63) is 107 Å². The SMILES string of the molecule is O=C(NC(=S)Nc1cccc2c1C(=O)N(c1ccccc1)C2=O)c1cccc2c(Cl)cccc12. The van der Waals surface area contributed by atoms with Gasteiger partial charge in [-0.1, -0.05) is 60.1 Å². The van der Waals surface area contributed by atoms with Gasteiger partial charge in [-0.3, -0.25) is 19.7 Å². The minimum absolute atomic E-state index is 0.00385. The monoisotopic (exact) mass is 485 g/mol. The van der Waals surface area contributed by atoms with Gasteiger partial charge in [0.25, 0.3) is 17.7 Å². The molecule has 34 heavy (non-hydrogen) atoms. The van der Waals surface area contributed by atoms with Gasteiger partial charge in [-0.05, 0) is 54.0 Å². The molecule has 0 spiro atoms. The van der Waals surface area contributed by atoms with Crippen LogP contribution in [0.1, 0.15) is 31.1 Å². The fraction of sp³-hybridized carbons (Fsp3) is 0. The van der Waals surface area contributed by atoms with Crippen molar-refractivity contribution in [2.75, 3.05) is 10.2 Å². The number of carbonyl (C=O) groups excluding carboxylic acids is 3. The highest BCUT2D eigenvalue weighted by Crippen LogP contribution is 2.33. The minimum atomic E-state index is -0.466. The zero-order valence-electron chi connectivity index (χ0n) is 17.5. The minimum Gasteiger partial charge on any atom is -0.332 e. The van der Waals surface area contributed by atoms with Crippen LogP contribution in [-0.2, 0) is 0 Å². The van der Waals surface area contributed by atoms with E-state index in [1.807, 2.05) is 6.07 Å². The Kier molecular flexibility index (Phi) is 5.57. The first-order valence-electron chi connectivity index (χ1n) is 10.3. The fourth-order valence-corrected chi connectivity index (χ4v) is 4.43. The van der Waals surface area contributed by atoms with Crippen molar-refractivity contribution in [2.24, 2.45) is 0 Å². The van der Waals surface area contributed by atoms with Crippen molar-refractivity contribution < 1.29 is 14.4 Å². The lowest BCUT2D eigenvalue weighted by Gasteiger charge is -2.14. The van der Waals surface area contributed by atoms with Gasteiger partial charge in [-0.15, -0.1) is 0 Å². The number of anilines is 2. The molecule has 8 heteroatoms. The molecule has 3 amide bonds. The van der Waals surface area contributed by atoms with Crippen molar-refractivity contribution in [1.82, 2.24) is 5.32 Å². The molecule has 0 bridgehead atoms. The molecule has 2 N–H and O–H groups in total. The van der Waals surface area contributed by atoms with E-state index in [0.29, 0.717) is 27.3 Å². The second kappa shape index (κ2) is 8.70. The highest BCUT2D eigenvalue weighted by Gasteiger charge is 2.38. The van der Waals surface area contributed by atoms with E-state index in [1.165, 1.54) is 0 Å². The number of para-hydroxylation sites is 1. The molecule has 0 radical (unpaired) electrons. The second-order valence-corrected chi connectivity index (χ2v) is 8.37. The summed E-state index contributed by atoms with van der Waals surface area (Å²) >= 11 is 11.6. The molecule has 1 heterocycles. The maximum atomic E-state index is 13.2. The van der Waals surface area contributed by atoms with Crippen LogP contribution in [0.3, 0.4) is 0 Å². The average molecular weight is 486 g/mol. The van der Waals surface area contributed by atoms with E-state index in [9.17, 15) is 14.4 Å². The molecule has 5 rings (SSSR count). The Morgan fingerprint density at radius 1 is 0.794 bits per heavy atom. The van der Waals surface area contributed by atoms with Crippen molar-refractivity contribution in [1.29, 1.82) is 0 Å². The molecule has 4 aromatic carbocycles. The van der Waals surface area contributed by atoms with Crippen LogP contribution in [0.5, 0.6) is 0 Å². The maximum Gasteiger partial charge on any atom is 0.268 e. The summed E-state index contributed by atoms with van der Waals surface area (Å²) in [5, 5.41) is 7.52. The molecule has 1 aliphatic heterocycles. The number of amides is 3. The van der Waals surface area contributed by atoms with Gasteiger partial charge in [-0.25, -0.2) is 4.90 Å². The molecule has 0 unspecified atom stereocenters. The van der Waals surface area contributed by atoms with E-state index >= 15 is 0 Å². The number of imide groups is 1. The largest absolute Gasteiger partial charge is 0.332 e. The highest BCUT2D eigenvalue weighted by atomic mass is 35.5. The van der Waals surface area contributed by atoms with Gasteiger partial charge in [0.05, 0.1) is 22.5 Å². The summed E-state index contributed by atoms with van der Waals surface area (Å²) < 4.78 is 0. The summed E-state index contributed by atoms with van der Waals surface area (Å²) in [5.41, 5.74) is 1.68. The number of fused-ring (bicyclic) bond motifs is 2. The molecule has 0 atom stereocenters. The fourth-order valence-electron chi connectivity index (χ4n) is 3.99.